The quantitative estimate of drug-likeness (QED) is 0.237. The fourth-order valence-corrected chi connectivity index (χ4v) is 3.64. The van der Waals surface area contributed by atoms with Gasteiger partial charge >= 0.3 is 0 Å². The Kier molecular flexibility index (Phi) is 4.07. The van der Waals surface area contributed by atoms with E-state index in [-0.39, 0.29) is 21.9 Å². The minimum atomic E-state index is -0.768. The van der Waals surface area contributed by atoms with Crippen LogP contribution in [0.2, 0.25) is 0 Å². The molecule has 9 nitrogen and oxygen atoms in total. The molecule has 0 unspecified atom stereocenters. The molecule has 0 N–H and O–H groups in total. The van der Waals surface area contributed by atoms with Gasteiger partial charge in [-0.05, 0) is 59.0 Å². The number of rotatable bonds is 3. The highest BCUT2D eigenvalue weighted by Gasteiger charge is 2.38. The highest BCUT2D eigenvalue weighted by molar-refractivity contribution is 14.1. The zero-order valence-corrected chi connectivity index (χ0v) is 15.9. The van der Waals surface area contributed by atoms with Crippen molar-refractivity contribution in [2.24, 2.45) is 0 Å². The van der Waals surface area contributed by atoms with E-state index in [1.807, 2.05) is 0 Å². The van der Waals surface area contributed by atoms with Crippen LogP contribution in [0, 0.1) is 23.8 Å². The van der Waals surface area contributed by atoms with E-state index in [0.717, 1.165) is 20.6 Å². The van der Waals surface area contributed by atoms with Crippen LogP contribution in [-0.2, 0) is 0 Å². The summed E-state index contributed by atoms with van der Waals surface area (Å²) in [5.74, 6) is -1.39. The summed E-state index contributed by atoms with van der Waals surface area (Å²) in [4.78, 5) is 48.3. The van der Waals surface area contributed by atoms with Crippen LogP contribution in [0.25, 0.3) is 10.8 Å². The number of nitro groups is 2. The number of carbonyl (C=O) groups excluding carboxylic acids is 2. The Hall–Kier alpha value is -3.41. The fourth-order valence-electron chi connectivity index (χ4n) is 3.28. The number of nitro benzene ring substituents is 2. The van der Waals surface area contributed by atoms with Crippen molar-refractivity contribution in [3.05, 3.63) is 83.5 Å². The molecule has 0 atom stereocenters. The van der Waals surface area contributed by atoms with Gasteiger partial charge in [-0.3, -0.25) is 29.8 Å². The second-order valence-electron chi connectivity index (χ2n) is 5.95. The number of hydrogen-bond acceptors (Lipinski definition) is 6. The van der Waals surface area contributed by atoms with E-state index in [9.17, 15) is 29.8 Å². The number of imide groups is 1. The molecule has 0 fully saturated rings. The number of amides is 2. The zero-order valence-electron chi connectivity index (χ0n) is 13.8. The number of benzene rings is 3. The molecular formula is C18H8IN3O6. The second-order valence-corrected chi connectivity index (χ2v) is 7.20. The van der Waals surface area contributed by atoms with Crippen molar-refractivity contribution in [1.29, 1.82) is 0 Å². The maximum absolute atomic E-state index is 13.0. The maximum atomic E-state index is 13.0. The second kappa shape index (κ2) is 6.34. The van der Waals surface area contributed by atoms with E-state index in [0.29, 0.717) is 5.69 Å². The number of non-ortho nitro benzene ring substituents is 2. The molecule has 2 amide bonds. The molecule has 138 valence electrons. The van der Waals surface area contributed by atoms with Gasteiger partial charge in [0.2, 0.25) is 0 Å². The van der Waals surface area contributed by atoms with Gasteiger partial charge in [-0.15, -0.1) is 0 Å². The van der Waals surface area contributed by atoms with Crippen molar-refractivity contribution >= 4 is 62.2 Å². The molecule has 1 aliphatic heterocycles. The van der Waals surface area contributed by atoms with Crippen molar-refractivity contribution in [2.75, 3.05) is 4.90 Å². The summed E-state index contributed by atoms with van der Waals surface area (Å²) in [5, 5.41) is 22.4. The molecule has 0 saturated carbocycles. The topological polar surface area (TPSA) is 124 Å². The normalized spacial score (nSPS) is 13.1. The molecule has 28 heavy (non-hydrogen) atoms. The largest absolute Gasteiger partial charge is 0.284 e. The number of anilines is 1. The maximum Gasteiger partial charge on any atom is 0.284 e. The van der Waals surface area contributed by atoms with Crippen LogP contribution in [0.1, 0.15) is 20.7 Å². The van der Waals surface area contributed by atoms with Gasteiger partial charge in [-0.1, -0.05) is 0 Å². The van der Waals surface area contributed by atoms with Gasteiger partial charge in [0, 0.05) is 32.2 Å². The molecule has 1 heterocycles. The Morgan fingerprint density at radius 2 is 1.18 bits per heavy atom. The van der Waals surface area contributed by atoms with Gasteiger partial charge in [-0.25, -0.2) is 4.90 Å². The van der Waals surface area contributed by atoms with E-state index in [1.165, 1.54) is 12.1 Å². The lowest BCUT2D eigenvalue weighted by molar-refractivity contribution is -0.390. The predicted molar refractivity (Wildman–Crippen MR) is 108 cm³/mol. The first-order valence-electron chi connectivity index (χ1n) is 7.84. The number of carbonyl (C=O) groups is 2. The molecular weight excluding hydrogens is 481 g/mol. The Balaban J connectivity index is 2.05. The van der Waals surface area contributed by atoms with Gasteiger partial charge in [0.05, 0.1) is 15.5 Å². The summed E-state index contributed by atoms with van der Waals surface area (Å²) in [6, 6.07) is 11.2. The Morgan fingerprint density at radius 3 is 1.61 bits per heavy atom. The lowest BCUT2D eigenvalue weighted by Gasteiger charge is -2.27. The lowest BCUT2D eigenvalue weighted by Crippen LogP contribution is -2.40. The number of halogens is 1. The Morgan fingerprint density at radius 1 is 0.714 bits per heavy atom. The van der Waals surface area contributed by atoms with Crippen LogP contribution in [0.4, 0.5) is 17.1 Å². The van der Waals surface area contributed by atoms with Gasteiger partial charge in [0.15, 0.2) is 0 Å². The first-order valence-corrected chi connectivity index (χ1v) is 8.92. The van der Waals surface area contributed by atoms with Crippen molar-refractivity contribution in [2.45, 2.75) is 0 Å². The highest BCUT2D eigenvalue weighted by atomic mass is 127. The van der Waals surface area contributed by atoms with Crippen LogP contribution in [0.15, 0.2) is 48.5 Å². The Bertz CT molecular complexity index is 1150. The van der Waals surface area contributed by atoms with E-state index < -0.39 is 33.0 Å². The van der Waals surface area contributed by atoms with Gasteiger partial charge in [0.1, 0.15) is 5.39 Å². The lowest BCUT2D eigenvalue weighted by atomic mass is 9.91. The predicted octanol–water partition coefficient (Wildman–Crippen LogP) is 4.06. The molecule has 0 spiro atoms. The van der Waals surface area contributed by atoms with Gasteiger partial charge in [-0.2, -0.15) is 0 Å². The summed E-state index contributed by atoms with van der Waals surface area (Å²) in [6.45, 7) is 0. The molecule has 0 saturated heterocycles. The third kappa shape index (κ3) is 2.52. The first kappa shape index (κ1) is 18.0. The van der Waals surface area contributed by atoms with Crippen LogP contribution in [0.5, 0.6) is 0 Å². The molecule has 4 rings (SSSR count). The molecule has 10 heteroatoms. The minimum Gasteiger partial charge on any atom is -0.268 e. The molecule has 3 aromatic rings. The first-order chi connectivity index (χ1) is 13.3. The van der Waals surface area contributed by atoms with Gasteiger partial charge < -0.3 is 0 Å². The summed E-state index contributed by atoms with van der Waals surface area (Å²) >= 11 is 2.09. The van der Waals surface area contributed by atoms with Crippen molar-refractivity contribution < 1.29 is 19.4 Å². The molecule has 0 radical (unpaired) electrons. The van der Waals surface area contributed by atoms with E-state index in [4.69, 9.17) is 0 Å². The number of hydrogen-bond donors (Lipinski definition) is 0. The average molecular weight is 489 g/mol. The van der Waals surface area contributed by atoms with Crippen LogP contribution >= 0.6 is 22.6 Å². The smallest absolute Gasteiger partial charge is 0.268 e. The monoisotopic (exact) mass is 489 g/mol. The number of nitrogens with zero attached hydrogens (tertiary/aromatic N) is 3. The molecule has 0 aliphatic carbocycles. The van der Waals surface area contributed by atoms with E-state index in [2.05, 4.69) is 22.6 Å². The molecule has 0 bridgehead atoms. The average Bonchev–Trinajstić information content (AvgIpc) is 2.66. The summed E-state index contributed by atoms with van der Waals surface area (Å²) in [6.07, 6.45) is 0. The third-order valence-electron chi connectivity index (χ3n) is 4.46. The zero-order chi connectivity index (χ0) is 20.2. The summed E-state index contributed by atoms with van der Waals surface area (Å²) in [7, 11) is 0. The van der Waals surface area contributed by atoms with E-state index in [1.54, 1.807) is 24.3 Å². The standard InChI is InChI=1S/C18H8IN3O6/c19-9-1-3-10(4-2-9)20-17(23)11-5-7-13(21(25)26)16-14(22(27)28)8-6-12(15(11)16)18(20)24/h1-8H. The van der Waals surface area contributed by atoms with Crippen LogP contribution < -0.4 is 4.90 Å². The summed E-state index contributed by atoms with van der Waals surface area (Å²) in [5.41, 5.74) is -0.730. The molecule has 1 aliphatic rings. The fraction of sp³-hybridized carbons (Fsp3) is 0. The van der Waals surface area contributed by atoms with Crippen molar-refractivity contribution in [3.63, 3.8) is 0 Å². The van der Waals surface area contributed by atoms with Crippen molar-refractivity contribution in [3.8, 4) is 0 Å². The van der Waals surface area contributed by atoms with E-state index >= 15 is 0 Å². The highest BCUT2D eigenvalue weighted by Crippen LogP contribution is 2.41. The van der Waals surface area contributed by atoms with Crippen LogP contribution in [0.3, 0.4) is 0 Å². The molecule has 0 aromatic heterocycles. The van der Waals surface area contributed by atoms with Crippen LogP contribution in [-0.4, -0.2) is 21.7 Å². The minimum absolute atomic E-state index is 0.00236. The molecule has 3 aromatic carbocycles. The van der Waals surface area contributed by atoms with Gasteiger partial charge in [0.25, 0.3) is 23.2 Å². The summed E-state index contributed by atoms with van der Waals surface area (Å²) < 4.78 is 0.909. The Labute approximate surface area is 170 Å². The SMILES string of the molecule is O=C1c2ccc([N+](=O)[O-])c3c([N+](=O)[O-])ccc(c23)C(=O)N1c1ccc(I)cc1. The van der Waals surface area contributed by atoms with Crippen molar-refractivity contribution in [1.82, 2.24) is 0 Å². The third-order valence-corrected chi connectivity index (χ3v) is 5.18.